The number of carboxylic acids is 1. The average molecular weight is 329 g/mol. The van der Waals surface area contributed by atoms with Crippen LogP contribution in [0.25, 0.3) is 0 Å². The number of carboxylic acid groups (broad SMARTS) is 1. The van der Waals surface area contributed by atoms with Crippen LogP contribution in [-0.2, 0) is 11.2 Å². The van der Waals surface area contributed by atoms with E-state index in [4.69, 9.17) is 32.8 Å². The Labute approximate surface area is 131 Å². The standard InChI is InChI=1S/C14H14Cl2N2O3/c1-7(8(2)14(19)20)13-17-12(18-21-13)5-9-3-4-10(15)6-11(9)16/h3-4,6-8H,5H2,1-2H3,(H,19,20). The van der Waals surface area contributed by atoms with Crippen molar-refractivity contribution in [1.29, 1.82) is 0 Å². The van der Waals surface area contributed by atoms with Crippen molar-refractivity contribution >= 4 is 29.2 Å². The highest BCUT2D eigenvalue weighted by Gasteiger charge is 2.26. The summed E-state index contributed by atoms with van der Waals surface area (Å²) in [5, 5.41) is 14.0. The van der Waals surface area contributed by atoms with Gasteiger partial charge in [0.2, 0.25) is 5.89 Å². The number of benzene rings is 1. The maximum atomic E-state index is 11.0. The van der Waals surface area contributed by atoms with Crippen LogP contribution < -0.4 is 0 Å². The lowest BCUT2D eigenvalue weighted by atomic mass is 9.96. The summed E-state index contributed by atoms with van der Waals surface area (Å²) < 4.78 is 5.14. The fraction of sp³-hybridized carbons (Fsp3) is 0.357. The van der Waals surface area contributed by atoms with E-state index in [1.807, 2.05) is 0 Å². The van der Waals surface area contributed by atoms with Crippen LogP contribution in [0.15, 0.2) is 22.7 Å². The number of carbonyl (C=O) groups is 1. The first kappa shape index (κ1) is 15.8. The molecule has 0 fully saturated rings. The molecule has 0 bridgehead atoms. The molecule has 1 heterocycles. The van der Waals surface area contributed by atoms with Gasteiger partial charge in [0.25, 0.3) is 0 Å². The van der Waals surface area contributed by atoms with E-state index in [0.29, 0.717) is 28.2 Å². The maximum Gasteiger partial charge on any atom is 0.307 e. The highest BCUT2D eigenvalue weighted by atomic mass is 35.5. The van der Waals surface area contributed by atoms with Crippen LogP contribution >= 0.6 is 23.2 Å². The van der Waals surface area contributed by atoms with E-state index in [2.05, 4.69) is 10.1 Å². The van der Waals surface area contributed by atoms with Crippen molar-refractivity contribution < 1.29 is 14.4 Å². The maximum absolute atomic E-state index is 11.0. The van der Waals surface area contributed by atoms with Crippen LogP contribution in [0.4, 0.5) is 0 Å². The molecule has 1 aromatic carbocycles. The molecule has 0 amide bonds. The summed E-state index contributed by atoms with van der Waals surface area (Å²) in [5.74, 6) is -1.09. The molecule has 21 heavy (non-hydrogen) atoms. The third kappa shape index (κ3) is 3.74. The zero-order chi connectivity index (χ0) is 15.6. The summed E-state index contributed by atoms with van der Waals surface area (Å²) in [6, 6.07) is 5.18. The molecule has 0 aliphatic heterocycles. The number of aromatic nitrogens is 2. The van der Waals surface area contributed by atoms with Gasteiger partial charge in [-0.3, -0.25) is 4.79 Å². The van der Waals surface area contributed by atoms with E-state index in [1.165, 1.54) is 0 Å². The molecule has 2 atom stereocenters. The summed E-state index contributed by atoms with van der Waals surface area (Å²) >= 11 is 11.9. The molecule has 1 N–H and O–H groups in total. The van der Waals surface area contributed by atoms with Gasteiger partial charge in [-0.25, -0.2) is 0 Å². The average Bonchev–Trinajstić information content (AvgIpc) is 2.88. The Morgan fingerprint density at radius 3 is 2.71 bits per heavy atom. The topological polar surface area (TPSA) is 76.2 Å². The molecule has 5 nitrogen and oxygen atoms in total. The fourth-order valence-corrected chi connectivity index (χ4v) is 2.26. The van der Waals surface area contributed by atoms with Gasteiger partial charge in [-0.15, -0.1) is 0 Å². The Balaban J connectivity index is 2.15. The van der Waals surface area contributed by atoms with Crippen LogP contribution in [-0.4, -0.2) is 21.2 Å². The number of rotatable bonds is 5. The Bertz CT molecular complexity index is 657. The van der Waals surface area contributed by atoms with Gasteiger partial charge in [0, 0.05) is 22.4 Å². The molecule has 1 aromatic heterocycles. The minimum absolute atomic E-state index is 0.310. The molecule has 0 saturated heterocycles. The predicted molar refractivity (Wildman–Crippen MR) is 78.8 cm³/mol. The zero-order valence-corrected chi connectivity index (χ0v) is 13.0. The molecular weight excluding hydrogens is 315 g/mol. The Kier molecular flexibility index (Phi) is 4.85. The second-order valence-corrected chi connectivity index (χ2v) is 5.72. The largest absolute Gasteiger partial charge is 0.481 e. The van der Waals surface area contributed by atoms with Gasteiger partial charge in [0.15, 0.2) is 5.82 Å². The Morgan fingerprint density at radius 1 is 1.38 bits per heavy atom. The molecule has 112 valence electrons. The van der Waals surface area contributed by atoms with Gasteiger partial charge in [0.05, 0.1) is 5.92 Å². The van der Waals surface area contributed by atoms with E-state index in [9.17, 15) is 4.79 Å². The van der Waals surface area contributed by atoms with Crippen molar-refractivity contribution in [3.8, 4) is 0 Å². The van der Waals surface area contributed by atoms with Gasteiger partial charge >= 0.3 is 5.97 Å². The summed E-state index contributed by atoms with van der Waals surface area (Å²) in [7, 11) is 0. The van der Waals surface area contributed by atoms with Gasteiger partial charge in [0.1, 0.15) is 0 Å². The monoisotopic (exact) mass is 328 g/mol. The number of halogens is 2. The van der Waals surface area contributed by atoms with E-state index < -0.39 is 11.9 Å². The highest BCUT2D eigenvalue weighted by Crippen LogP contribution is 2.25. The number of nitrogens with zero attached hydrogens (tertiary/aromatic N) is 2. The van der Waals surface area contributed by atoms with Crippen LogP contribution in [0, 0.1) is 5.92 Å². The third-order valence-electron chi connectivity index (χ3n) is 3.38. The second-order valence-electron chi connectivity index (χ2n) is 4.88. The molecule has 0 aliphatic carbocycles. The summed E-state index contributed by atoms with van der Waals surface area (Å²) in [6.07, 6.45) is 0.397. The van der Waals surface area contributed by atoms with Crippen LogP contribution in [0.5, 0.6) is 0 Å². The highest BCUT2D eigenvalue weighted by molar-refractivity contribution is 6.35. The predicted octanol–water partition coefficient (Wildman–Crippen LogP) is 3.79. The third-order valence-corrected chi connectivity index (χ3v) is 3.96. The van der Waals surface area contributed by atoms with Crippen LogP contribution in [0.3, 0.4) is 0 Å². The first-order chi connectivity index (χ1) is 9.88. The first-order valence-corrected chi connectivity index (χ1v) is 7.13. The normalized spacial score (nSPS) is 13.9. The molecule has 0 spiro atoms. The molecule has 2 rings (SSSR count). The van der Waals surface area contributed by atoms with Crippen LogP contribution in [0.2, 0.25) is 10.0 Å². The van der Waals surface area contributed by atoms with E-state index in [-0.39, 0.29) is 5.92 Å². The molecule has 0 saturated carbocycles. The second kappa shape index (κ2) is 6.45. The van der Waals surface area contributed by atoms with E-state index in [1.54, 1.807) is 32.0 Å². The smallest absolute Gasteiger partial charge is 0.307 e. The van der Waals surface area contributed by atoms with Crippen molar-refractivity contribution in [2.45, 2.75) is 26.2 Å². The first-order valence-electron chi connectivity index (χ1n) is 6.37. The molecule has 0 radical (unpaired) electrons. The Morgan fingerprint density at radius 2 is 2.10 bits per heavy atom. The van der Waals surface area contributed by atoms with E-state index >= 15 is 0 Å². The number of hydrogen-bond donors (Lipinski definition) is 1. The SMILES string of the molecule is CC(C(=O)O)C(C)c1nc(Cc2ccc(Cl)cc2Cl)no1. The minimum atomic E-state index is -0.900. The van der Waals surface area contributed by atoms with Gasteiger partial charge in [-0.05, 0) is 17.7 Å². The van der Waals surface area contributed by atoms with Crippen molar-refractivity contribution in [2.24, 2.45) is 5.92 Å². The molecule has 0 aliphatic rings. The molecule has 2 unspecified atom stereocenters. The lowest BCUT2D eigenvalue weighted by Crippen LogP contribution is -2.16. The molecule has 7 heteroatoms. The quantitative estimate of drug-likeness (QED) is 0.903. The van der Waals surface area contributed by atoms with Gasteiger partial charge in [-0.2, -0.15) is 4.98 Å². The van der Waals surface area contributed by atoms with E-state index in [0.717, 1.165) is 5.56 Å². The summed E-state index contributed by atoms with van der Waals surface area (Å²) in [5.41, 5.74) is 0.826. The van der Waals surface area contributed by atoms with Crippen molar-refractivity contribution in [3.05, 3.63) is 45.5 Å². The Hall–Kier alpha value is -1.59. The lowest BCUT2D eigenvalue weighted by molar-refractivity contribution is -0.141. The molecular formula is C14H14Cl2N2O3. The van der Waals surface area contributed by atoms with Crippen molar-refractivity contribution in [1.82, 2.24) is 10.1 Å². The zero-order valence-electron chi connectivity index (χ0n) is 11.5. The van der Waals surface area contributed by atoms with Crippen molar-refractivity contribution in [2.75, 3.05) is 0 Å². The number of aliphatic carboxylic acids is 1. The van der Waals surface area contributed by atoms with Gasteiger partial charge < -0.3 is 9.63 Å². The van der Waals surface area contributed by atoms with Crippen LogP contribution in [0.1, 0.15) is 37.0 Å². The lowest BCUT2D eigenvalue weighted by Gasteiger charge is -2.10. The number of hydrogen-bond acceptors (Lipinski definition) is 4. The summed E-state index contributed by atoms with van der Waals surface area (Å²) in [6.45, 7) is 3.35. The van der Waals surface area contributed by atoms with Gasteiger partial charge in [-0.1, -0.05) is 48.3 Å². The fourth-order valence-electron chi connectivity index (χ4n) is 1.79. The molecule has 2 aromatic rings. The van der Waals surface area contributed by atoms with Crippen molar-refractivity contribution in [3.63, 3.8) is 0 Å². The summed E-state index contributed by atoms with van der Waals surface area (Å²) in [4.78, 5) is 15.2. The minimum Gasteiger partial charge on any atom is -0.481 e.